The van der Waals surface area contributed by atoms with Gasteiger partial charge in [-0.2, -0.15) is 0 Å². The van der Waals surface area contributed by atoms with Gasteiger partial charge in [-0.3, -0.25) is 0 Å². The van der Waals surface area contributed by atoms with Gasteiger partial charge in [0, 0.05) is 5.38 Å². The van der Waals surface area contributed by atoms with E-state index in [1.54, 1.807) is 11.3 Å². The summed E-state index contributed by atoms with van der Waals surface area (Å²) in [5.41, 5.74) is 1.26. The van der Waals surface area contributed by atoms with Crippen LogP contribution in [0.15, 0.2) is 5.38 Å². The molecular formula is C15H26N2S. The van der Waals surface area contributed by atoms with Gasteiger partial charge in [0.25, 0.3) is 0 Å². The van der Waals surface area contributed by atoms with E-state index in [4.69, 9.17) is 0 Å². The predicted molar refractivity (Wildman–Crippen MR) is 79.1 cm³/mol. The highest BCUT2D eigenvalue weighted by Gasteiger charge is 2.18. The zero-order valence-corrected chi connectivity index (χ0v) is 12.6. The summed E-state index contributed by atoms with van der Waals surface area (Å²) >= 11 is 1.77. The summed E-state index contributed by atoms with van der Waals surface area (Å²) in [6.07, 6.45) is 9.89. The van der Waals surface area contributed by atoms with Crippen molar-refractivity contribution in [1.29, 1.82) is 0 Å². The number of nitrogens with one attached hydrogen (secondary N) is 1. The van der Waals surface area contributed by atoms with Crippen molar-refractivity contribution in [3.8, 4) is 0 Å². The summed E-state index contributed by atoms with van der Waals surface area (Å²) in [5.74, 6) is 0.972. The fraction of sp³-hybridized carbons (Fsp3) is 0.800. The number of aryl methyl sites for hydroxylation is 1. The minimum absolute atomic E-state index is 0.474. The molecule has 0 bridgehead atoms. The Bertz CT molecular complexity index is 342. The zero-order chi connectivity index (χ0) is 12.8. The minimum atomic E-state index is 0.474. The molecule has 1 aromatic rings. The Morgan fingerprint density at radius 2 is 2.17 bits per heavy atom. The second kappa shape index (κ2) is 7.25. The molecule has 2 rings (SSSR count). The van der Waals surface area contributed by atoms with Crippen LogP contribution in [-0.4, -0.2) is 11.5 Å². The van der Waals surface area contributed by atoms with Crippen LogP contribution in [0.4, 0.5) is 0 Å². The molecule has 102 valence electrons. The van der Waals surface area contributed by atoms with Crippen LogP contribution in [0, 0.1) is 12.8 Å². The maximum Gasteiger partial charge on any atom is 0.0898 e. The molecule has 0 saturated heterocycles. The van der Waals surface area contributed by atoms with Crippen LogP contribution < -0.4 is 5.32 Å². The first-order valence-corrected chi connectivity index (χ1v) is 8.33. The Morgan fingerprint density at radius 3 is 2.78 bits per heavy atom. The van der Waals surface area contributed by atoms with E-state index in [9.17, 15) is 0 Å². The van der Waals surface area contributed by atoms with Crippen LogP contribution in [0.3, 0.4) is 0 Å². The summed E-state index contributed by atoms with van der Waals surface area (Å²) < 4.78 is 0. The molecule has 1 aliphatic carbocycles. The molecule has 1 atom stereocenters. The van der Waals surface area contributed by atoms with Crippen molar-refractivity contribution in [2.75, 3.05) is 6.54 Å². The standard InChI is InChI=1S/C15H26N2S/c1-3-16-14(15-11-18-12(2)17-15)10-9-13-7-5-4-6-8-13/h11,13-14,16H,3-10H2,1-2H3. The van der Waals surface area contributed by atoms with Crippen molar-refractivity contribution in [2.45, 2.75) is 64.8 Å². The lowest BCUT2D eigenvalue weighted by Gasteiger charge is -2.24. The lowest BCUT2D eigenvalue weighted by atomic mass is 9.85. The van der Waals surface area contributed by atoms with Crippen LogP contribution in [0.5, 0.6) is 0 Å². The SMILES string of the molecule is CCNC(CCC1CCCCC1)c1csc(C)n1. The number of nitrogens with zero attached hydrogens (tertiary/aromatic N) is 1. The Kier molecular flexibility index (Phi) is 5.64. The highest BCUT2D eigenvalue weighted by Crippen LogP contribution is 2.30. The summed E-state index contributed by atoms with van der Waals surface area (Å²) in [5, 5.41) is 7.01. The third kappa shape index (κ3) is 4.06. The predicted octanol–water partition coefficient (Wildman–Crippen LogP) is 4.46. The fourth-order valence-electron chi connectivity index (χ4n) is 3.02. The summed E-state index contributed by atoms with van der Waals surface area (Å²) in [6, 6.07) is 0.474. The molecule has 3 heteroatoms. The van der Waals surface area contributed by atoms with Crippen molar-refractivity contribution in [3.05, 3.63) is 16.1 Å². The molecule has 0 radical (unpaired) electrons. The van der Waals surface area contributed by atoms with Crippen LogP contribution in [0.25, 0.3) is 0 Å². The van der Waals surface area contributed by atoms with E-state index in [2.05, 4.69) is 29.5 Å². The molecule has 0 aromatic carbocycles. The van der Waals surface area contributed by atoms with E-state index in [0.717, 1.165) is 12.5 Å². The lowest BCUT2D eigenvalue weighted by molar-refractivity contribution is 0.314. The molecule has 0 spiro atoms. The van der Waals surface area contributed by atoms with E-state index < -0.39 is 0 Å². The highest BCUT2D eigenvalue weighted by atomic mass is 32.1. The van der Waals surface area contributed by atoms with Crippen molar-refractivity contribution in [2.24, 2.45) is 5.92 Å². The van der Waals surface area contributed by atoms with E-state index in [1.807, 2.05) is 0 Å². The first-order chi connectivity index (χ1) is 8.79. The molecule has 2 nitrogen and oxygen atoms in total. The smallest absolute Gasteiger partial charge is 0.0898 e. The van der Waals surface area contributed by atoms with Gasteiger partial charge in [-0.15, -0.1) is 11.3 Å². The first kappa shape index (κ1) is 14.0. The van der Waals surface area contributed by atoms with Crippen molar-refractivity contribution in [1.82, 2.24) is 10.3 Å². The summed E-state index contributed by atoms with van der Waals surface area (Å²) in [4.78, 5) is 4.65. The molecule has 18 heavy (non-hydrogen) atoms. The van der Waals surface area contributed by atoms with Crippen LogP contribution in [-0.2, 0) is 0 Å². The molecule has 0 aliphatic heterocycles. The molecule has 1 unspecified atom stereocenters. The summed E-state index contributed by atoms with van der Waals surface area (Å²) in [6.45, 7) is 5.32. The number of aromatic nitrogens is 1. The van der Waals surface area contributed by atoms with Gasteiger partial charge in [0.05, 0.1) is 16.7 Å². The Balaban J connectivity index is 1.85. The fourth-order valence-corrected chi connectivity index (χ4v) is 3.69. The molecule has 1 aliphatic rings. The van der Waals surface area contributed by atoms with Crippen molar-refractivity contribution < 1.29 is 0 Å². The van der Waals surface area contributed by atoms with Crippen LogP contribution in [0.2, 0.25) is 0 Å². The Hall–Kier alpha value is -0.410. The number of rotatable bonds is 6. The topological polar surface area (TPSA) is 24.9 Å². The number of hydrogen-bond donors (Lipinski definition) is 1. The first-order valence-electron chi connectivity index (χ1n) is 7.45. The van der Waals surface area contributed by atoms with Crippen LogP contribution in [0.1, 0.15) is 68.6 Å². The molecular weight excluding hydrogens is 240 g/mol. The van der Waals surface area contributed by atoms with Gasteiger partial charge in [0.1, 0.15) is 0 Å². The number of hydrogen-bond acceptors (Lipinski definition) is 3. The molecule has 1 fully saturated rings. The largest absolute Gasteiger partial charge is 0.309 e. The molecule has 1 N–H and O–H groups in total. The molecule has 1 saturated carbocycles. The maximum absolute atomic E-state index is 4.65. The van der Waals surface area contributed by atoms with E-state index >= 15 is 0 Å². The van der Waals surface area contributed by atoms with Gasteiger partial charge in [-0.25, -0.2) is 4.98 Å². The van der Waals surface area contributed by atoms with Gasteiger partial charge in [0.15, 0.2) is 0 Å². The lowest BCUT2D eigenvalue weighted by Crippen LogP contribution is -2.22. The van der Waals surface area contributed by atoms with E-state index in [-0.39, 0.29) is 0 Å². The Labute approximate surface area is 115 Å². The normalized spacial score (nSPS) is 19.0. The van der Waals surface area contributed by atoms with Crippen LogP contribution >= 0.6 is 11.3 Å². The average Bonchev–Trinajstić information content (AvgIpc) is 2.82. The third-order valence-corrected chi connectivity index (χ3v) is 4.82. The second-order valence-corrected chi connectivity index (χ2v) is 6.55. The van der Waals surface area contributed by atoms with Gasteiger partial charge < -0.3 is 5.32 Å². The summed E-state index contributed by atoms with van der Waals surface area (Å²) in [7, 11) is 0. The van der Waals surface area contributed by atoms with Gasteiger partial charge >= 0.3 is 0 Å². The van der Waals surface area contributed by atoms with Crippen molar-refractivity contribution in [3.63, 3.8) is 0 Å². The average molecular weight is 266 g/mol. The maximum atomic E-state index is 4.65. The zero-order valence-electron chi connectivity index (χ0n) is 11.7. The third-order valence-electron chi connectivity index (χ3n) is 4.03. The second-order valence-electron chi connectivity index (χ2n) is 5.48. The Morgan fingerprint density at radius 1 is 1.39 bits per heavy atom. The molecule has 1 aromatic heterocycles. The highest BCUT2D eigenvalue weighted by molar-refractivity contribution is 7.09. The van der Waals surface area contributed by atoms with Gasteiger partial charge in [0.2, 0.25) is 0 Å². The monoisotopic (exact) mass is 266 g/mol. The number of thiazole rings is 1. The van der Waals surface area contributed by atoms with Gasteiger partial charge in [-0.05, 0) is 32.2 Å². The van der Waals surface area contributed by atoms with E-state index in [0.29, 0.717) is 6.04 Å². The molecule has 0 amide bonds. The quantitative estimate of drug-likeness (QED) is 0.822. The van der Waals surface area contributed by atoms with E-state index in [1.165, 1.54) is 55.6 Å². The minimum Gasteiger partial charge on any atom is -0.309 e. The van der Waals surface area contributed by atoms with Gasteiger partial charge in [-0.1, -0.05) is 39.0 Å². The molecule has 1 heterocycles. The van der Waals surface area contributed by atoms with Crippen molar-refractivity contribution >= 4 is 11.3 Å².